The summed E-state index contributed by atoms with van der Waals surface area (Å²) in [6.45, 7) is 0. The van der Waals surface area contributed by atoms with Gasteiger partial charge in [0.15, 0.2) is 52.4 Å². The number of aromatic nitrogens is 11. The van der Waals surface area contributed by atoms with Crippen LogP contribution < -0.4 is 0 Å². The highest BCUT2D eigenvalue weighted by atomic mass is 15.1. The summed E-state index contributed by atoms with van der Waals surface area (Å²) in [6, 6.07) is 184. The van der Waals surface area contributed by atoms with Crippen LogP contribution in [0.15, 0.2) is 528 Å². The van der Waals surface area contributed by atoms with Gasteiger partial charge in [0.2, 0.25) is 0 Å². The molecule has 11 nitrogen and oxygen atoms in total. The third-order valence-corrected chi connectivity index (χ3v) is 29.7. The van der Waals surface area contributed by atoms with Crippen LogP contribution in [0.5, 0.6) is 0 Å². The molecule has 0 fully saturated rings. The van der Waals surface area contributed by atoms with Crippen LogP contribution in [0.1, 0.15) is 22.3 Å². The maximum absolute atomic E-state index is 5.15. The summed E-state index contributed by atoms with van der Waals surface area (Å²) in [5.41, 5.74) is 29.4. The predicted octanol–water partition coefficient (Wildman–Crippen LogP) is 34.5. The fourth-order valence-corrected chi connectivity index (χ4v) is 22.8. The summed E-state index contributed by atoms with van der Waals surface area (Å²) in [5.74, 6) is 5.80. The first-order valence-electron chi connectivity index (χ1n) is 50.7. The number of benzene rings is 23. The second-order valence-electron chi connectivity index (χ2n) is 38.2. The zero-order valence-electron chi connectivity index (χ0n) is 81.1. The Bertz CT molecular complexity index is 10100. The van der Waals surface area contributed by atoms with E-state index in [0.717, 1.165) is 111 Å². The van der Waals surface area contributed by atoms with E-state index in [1.807, 2.05) is 91.1 Å². The molecule has 5 aromatic heterocycles. The van der Waals surface area contributed by atoms with E-state index in [2.05, 4.69) is 446 Å². The SMILES string of the molecule is c1ccc(-c2nc(-c3ccc(-c4cc5c6ccccc6c6ccccc6c5c5ccccc45)cc3)nc(-c3ccccc3-c3ccccc3)n2)cc1.c1ccc(-c2nc(-c3ccccc3)nc(-c3ccccc3-c3ccc4c(c3)C3(c5ccccc5-4)c4ccccc4-n4c5ccccc5c5cccc3c54)n2)cc1.c1ccc2cc(-c3nc(-c4ccc(-c5cccc6cccnc56)cc4)nc(-c4ccc5ccccc5c4)n3)ccc2c1. The Morgan fingerprint density at radius 3 is 1.06 bits per heavy atom. The van der Waals surface area contributed by atoms with Crippen LogP contribution in [0.4, 0.5) is 0 Å². The third kappa shape index (κ3) is 15.2. The lowest BCUT2D eigenvalue weighted by Gasteiger charge is -2.39. The number of rotatable bonds is 13. The molecule has 150 heavy (non-hydrogen) atoms. The minimum Gasteiger partial charge on any atom is -0.309 e. The Labute approximate surface area is 865 Å². The van der Waals surface area contributed by atoms with Crippen molar-refractivity contribution < 1.29 is 0 Å². The minimum atomic E-state index is -0.536. The summed E-state index contributed by atoms with van der Waals surface area (Å²) < 4.78 is 2.50. The van der Waals surface area contributed by atoms with Gasteiger partial charge in [0.25, 0.3) is 0 Å². The zero-order valence-corrected chi connectivity index (χ0v) is 81.1. The van der Waals surface area contributed by atoms with Crippen LogP contribution in [0.25, 0.3) is 261 Å². The van der Waals surface area contributed by atoms with Crippen LogP contribution in [0, 0.1) is 0 Å². The zero-order chi connectivity index (χ0) is 99.1. The van der Waals surface area contributed by atoms with Gasteiger partial charge in [-0.25, -0.2) is 44.9 Å². The van der Waals surface area contributed by atoms with Crippen LogP contribution >= 0.6 is 0 Å². The van der Waals surface area contributed by atoms with Crippen LogP contribution in [0.2, 0.25) is 0 Å². The topological polar surface area (TPSA) is 134 Å². The molecule has 0 bridgehead atoms. The van der Waals surface area contributed by atoms with Gasteiger partial charge in [-0.15, -0.1) is 0 Å². The highest BCUT2D eigenvalue weighted by molar-refractivity contribution is 6.33. The number of fused-ring (bicyclic) bond motifs is 23. The van der Waals surface area contributed by atoms with Crippen LogP contribution in [0.3, 0.4) is 0 Å². The summed E-state index contributed by atoms with van der Waals surface area (Å²) in [5, 5.41) is 18.5. The lowest BCUT2D eigenvalue weighted by atomic mass is 9.65. The molecule has 30 rings (SSSR count). The van der Waals surface area contributed by atoms with Gasteiger partial charge in [0, 0.05) is 78.0 Å². The first kappa shape index (κ1) is 87.6. The molecular weight excluding hydrogens is 1820 g/mol. The van der Waals surface area contributed by atoms with Crippen molar-refractivity contribution >= 4 is 97.3 Å². The molecule has 28 aromatic rings. The molecule has 1 aliphatic carbocycles. The van der Waals surface area contributed by atoms with Gasteiger partial charge in [-0.2, -0.15) is 0 Å². The van der Waals surface area contributed by atoms with Gasteiger partial charge < -0.3 is 4.57 Å². The Morgan fingerprint density at radius 1 is 0.160 bits per heavy atom. The van der Waals surface area contributed by atoms with Gasteiger partial charge in [0.05, 0.1) is 27.7 Å². The van der Waals surface area contributed by atoms with Gasteiger partial charge in [0.1, 0.15) is 0 Å². The van der Waals surface area contributed by atoms with Crippen molar-refractivity contribution in [2.75, 3.05) is 0 Å². The second-order valence-corrected chi connectivity index (χ2v) is 38.2. The highest BCUT2D eigenvalue weighted by Gasteiger charge is 2.51. The number of para-hydroxylation sites is 4. The quantitative estimate of drug-likeness (QED) is 0.103. The first-order valence-corrected chi connectivity index (χ1v) is 50.7. The Kier molecular flexibility index (Phi) is 21.6. The van der Waals surface area contributed by atoms with E-state index >= 15 is 0 Å². The maximum Gasteiger partial charge on any atom is 0.164 e. The average molecular weight is 1910 g/mol. The maximum atomic E-state index is 5.15. The smallest absolute Gasteiger partial charge is 0.164 e. The van der Waals surface area contributed by atoms with E-state index in [1.165, 1.54) is 120 Å². The molecule has 1 aliphatic heterocycles. The molecule has 6 heterocycles. The molecule has 1 unspecified atom stereocenters. The van der Waals surface area contributed by atoms with Gasteiger partial charge in [-0.1, -0.05) is 479 Å². The molecule has 0 amide bonds. The fraction of sp³-hybridized carbons (Fsp3) is 0.00719. The molecule has 1 spiro atoms. The molecule has 0 saturated carbocycles. The summed E-state index contributed by atoms with van der Waals surface area (Å²) in [6.07, 6.45) is 1.84. The molecule has 1 atom stereocenters. The number of nitrogens with zero attached hydrogens (tertiary/aromatic N) is 11. The fourth-order valence-electron chi connectivity index (χ4n) is 22.8. The second kappa shape index (κ2) is 36.9. The lowest BCUT2D eigenvalue weighted by molar-refractivity contribution is 0.749. The van der Waals surface area contributed by atoms with Gasteiger partial charge in [-0.05, 0) is 179 Å². The minimum absolute atomic E-state index is 0.536. The molecule has 0 radical (unpaired) electrons. The largest absolute Gasteiger partial charge is 0.309 e. The van der Waals surface area contributed by atoms with Crippen molar-refractivity contribution in [2.24, 2.45) is 0 Å². The molecule has 698 valence electrons. The molecule has 11 heteroatoms. The van der Waals surface area contributed by atoms with E-state index in [9.17, 15) is 0 Å². The van der Waals surface area contributed by atoms with E-state index in [4.69, 9.17) is 44.9 Å². The van der Waals surface area contributed by atoms with Crippen LogP contribution in [-0.4, -0.2) is 54.4 Å². The van der Waals surface area contributed by atoms with Crippen molar-refractivity contribution in [3.8, 4) is 164 Å². The Hall–Kier alpha value is -20.1. The molecule has 23 aromatic carbocycles. The summed E-state index contributed by atoms with van der Waals surface area (Å²) >= 11 is 0. The van der Waals surface area contributed by atoms with Gasteiger partial charge >= 0.3 is 0 Å². The first-order chi connectivity index (χ1) is 74.4. The normalized spacial score (nSPS) is 12.7. The summed E-state index contributed by atoms with van der Waals surface area (Å²) in [7, 11) is 0. The lowest BCUT2D eigenvalue weighted by Crippen LogP contribution is -2.33. The standard InChI is InChI=1S/C52H32N4.C49H31N3.C38H24N4/c1-3-16-33(17-4-1)49-53-50(34-18-5-2-6-19-34)55-51(54-49)41-23-8-7-20-36(41)35-30-31-38-37-21-9-11-25-42(37)52(45(38)32-35)43-26-12-14-29-47(43)56-46-28-13-10-22-39(46)40-24-15-27-44(52)48(40)56;1-3-15-32(16-4-1)36-19-7-14-26-43(36)49-51-47(34-17-5-2-6-18-34)50-48(52-49)35-29-27-33(28-30-35)44-31-45-39-22-9-8-20-37(39)38-21-10-12-24-41(38)46(45)42-25-13-11-23-40(42)44;1-3-9-30-23-32(20-14-25(30)7-1)37-40-36(41-38(42-37)33-21-15-26-8-2-4-10-31(26)24-33)29-18-16-27(17-19-29)34-13-5-11-28-12-6-22-39-35(28)34/h1-32H;1-31H;1-24H. The monoisotopic (exact) mass is 1910 g/mol. The Morgan fingerprint density at radius 2 is 0.500 bits per heavy atom. The van der Waals surface area contributed by atoms with Crippen molar-refractivity contribution in [3.05, 3.63) is 550 Å². The average Bonchev–Trinajstić information content (AvgIpc) is 1.49. The van der Waals surface area contributed by atoms with Crippen LogP contribution in [-0.2, 0) is 5.41 Å². The van der Waals surface area contributed by atoms with E-state index < -0.39 is 5.41 Å². The highest BCUT2D eigenvalue weighted by Crippen LogP contribution is 2.62. The van der Waals surface area contributed by atoms with Gasteiger partial charge in [-0.3, -0.25) is 4.98 Å². The third-order valence-electron chi connectivity index (χ3n) is 29.7. The van der Waals surface area contributed by atoms with Crippen molar-refractivity contribution in [1.82, 2.24) is 54.4 Å². The predicted molar refractivity (Wildman–Crippen MR) is 616 cm³/mol. The molecule has 0 saturated heterocycles. The molecular formula is C139H87N11. The van der Waals surface area contributed by atoms with E-state index in [0.29, 0.717) is 52.4 Å². The Balaban J connectivity index is 0.000000109. The van der Waals surface area contributed by atoms with Crippen molar-refractivity contribution in [1.29, 1.82) is 0 Å². The van der Waals surface area contributed by atoms with Crippen molar-refractivity contribution in [3.63, 3.8) is 0 Å². The molecule has 0 N–H and O–H groups in total. The number of hydrogen-bond donors (Lipinski definition) is 0. The number of pyridine rings is 1. The molecule has 2 aliphatic rings. The van der Waals surface area contributed by atoms with E-state index in [1.54, 1.807) is 0 Å². The van der Waals surface area contributed by atoms with Crippen molar-refractivity contribution in [2.45, 2.75) is 5.41 Å². The number of hydrogen-bond acceptors (Lipinski definition) is 10. The summed E-state index contributed by atoms with van der Waals surface area (Å²) in [4.78, 5) is 50.1. The van der Waals surface area contributed by atoms with E-state index in [-0.39, 0.29) is 0 Å².